The quantitative estimate of drug-likeness (QED) is 0.802. The maximum atomic E-state index is 13.9. The molecule has 2 aromatic rings. The molecule has 130 valence electrons. The molecule has 1 aliphatic heterocycles. The van der Waals surface area contributed by atoms with Gasteiger partial charge in [0.2, 0.25) is 0 Å². The number of aromatic nitrogens is 2. The van der Waals surface area contributed by atoms with Crippen molar-refractivity contribution in [2.24, 2.45) is 7.05 Å². The molecule has 1 saturated heterocycles. The van der Waals surface area contributed by atoms with Crippen LogP contribution in [0.3, 0.4) is 0 Å². The highest BCUT2D eigenvalue weighted by Crippen LogP contribution is 2.31. The molecule has 2 heterocycles. The molecule has 0 N–H and O–H groups in total. The fourth-order valence-corrected chi connectivity index (χ4v) is 2.77. The van der Waals surface area contributed by atoms with Crippen LogP contribution < -0.4 is 0 Å². The third-order valence-corrected chi connectivity index (χ3v) is 4.01. The van der Waals surface area contributed by atoms with Gasteiger partial charge in [-0.2, -0.15) is 18.3 Å². The molecule has 24 heavy (non-hydrogen) atoms. The summed E-state index contributed by atoms with van der Waals surface area (Å²) in [6.45, 7) is 1.55. The molecule has 1 fully saturated rings. The fraction of sp³-hybridized carbons (Fsp3) is 0.438. The minimum Gasteiger partial charge on any atom is -0.371 e. The van der Waals surface area contributed by atoms with Gasteiger partial charge in [-0.15, -0.1) is 0 Å². The van der Waals surface area contributed by atoms with Crippen molar-refractivity contribution in [3.8, 4) is 0 Å². The van der Waals surface area contributed by atoms with Crippen molar-refractivity contribution in [1.82, 2.24) is 14.7 Å². The summed E-state index contributed by atoms with van der Waals surface area (Å²) in [5, 5.41) is 4.09. The second-order valence-electron chi connectivity index (χ2n) is 5.85. The van der Waals surface area contributed by atoms with Crippen LogP contribution in [0.1, 0.15) is 22.8 Å². The molecule has 1 atom stereocenters. The summed E-state index contributed by atoms with van der Waals surface area (Å²) >= 11 is 0. The Morgan fingerprint density at radius 3 is 2.79 bits per heavy atom. The third-order valence-electron chi connectivity index (χ3n) is 4.01. The minimum absolute atomic E-state index is 0.0386. The number of rotatable bonds is 3. The number of nitrogens with zero attached hydrogens (tertiary/aromatic N) is 3. The summed E-state index contributed by atoms with van der Waals surface area (Å²) in [5.41, 5.74) is 0.0966. The van der Waals surface area contributed by atoms with E-state index in [1.165, 1.54) is 0 Å². The molecular weight excluding hydrogens is 326 g/mol. The van der Waals surface area contributed by atoms with E-state index in [0.717, 1.165) is 23.8 Å². The molecule has 1 aliphatic rings. The Morgan fingerprint density at radius 2 is 2.12 bits per heavy atom. The molecule has 0 saturated carbocycles. The largest absolute Gasteiger partial charge is 0.416 e. The summed E-state index contributed by atoms with van der Waals surface area (Å²) < 4.78 is 59.6. The Labute approximate surface area is 136 Å². The zero-order valence-electron chi connectivity index (χ0n) is 13.1. The average molecular weight is 343 g/mol. The number of benzene rings is 1. The Morgan fingerprint density at radius 1 is 1.33 bits per heavy atom. The number of halogens is 4. The van der Waals surface area contributed by atoms with Gasteiger partial charge in [0.05, 0.1) is 24.5 Å². The van der Waals surface area contributed by atoms with E-state index in [9.17, 15) is 17.6 Å². The maximum absolute atomic E-state index is 13.9. The van der Waals surface area contributed by atoms with E-state index in [1.807, 2.05) is 11.1 Å². The Bertz CT molecular complexity index is 714. The first-order valence-electron chi connectivity index (χ1n) is 7.51. The Balaban J connectivity index is 1.73. The van der Waals surface area contributed by atoms with E-state index in [4.69, 9.17) is 4.74 Å². The lowest BCUT2D eigenvalue weighted by molar-refractivity contribution is -0.137. The van der Waals surface area contributed by atoms with Crippen molar-refractivity contribution in [3.63, 3.8) is 0 Å². The normalized spacial score (nSPS) is 19.6. The van der Waals surface area contributed by atoms with Crippen LogP contribution in [0.15, 0.2) is 30.6 Å². The second-order valence-corrected chi connectivity index (χ2v) is 5.85. The van der Waals surface area contributed by atoms with Crippen LogP contribution in [-0.2, 0) is 24.5 Å². The van der Waals surface area contributed by atoms with E-state index in [2.05, 4.69) is 5.10 Å². The van der Waals surface area contributed by atoms with Gasteiger partial charge in [0.15, 0.2) is 0 Å². The summed E-state index contributed by atoms with van der Waals surface area (Å²) in [4.78, 5) is 1.89. The predicted octanol–water partition coefficient (Wildman–Crippen LogP) is 3.15. The lowest BCUT2D eigenvalue weighted by Gasteiger charge is -2.32. The molecule has 0 amide bonds. The topological polar surface area (TPSA) is 30.3 Å². The molecular formula is C16H17F4N3O. The van der Waals surface area contributed by atoms with Gasteiger partial charge < -0.3 is 4.74 Å². The fourth-order valence-electron chi connectivity index (χ4n) is 2.77. The van der Waals surface area contributed by atoms with Crippen molar-refractivity contribution in [1.29, 1.82) is 0 Å². The first-order chi connectivity index (χ1) is 11.3. The van der Waals surface area contributed by atoms with Crippen LogP contribution in [0.5, 0.6) is 0 Å². The maximum Gasteiger partial charge on any atom is 0.416 e. The number of hydrogen-bond acceptors (Lipinski definition) is 3. The predicted molar refractivity (Wildman–Crippen MR) is 78.6 cm³/mol. The molecule has 1 aromatic heterocycles. The average Bonchev–Trinajstić information content (AvgIpc) is 2.95. The van der Waals surface area contributed by atoms with Gasteiger partial charge in [0.1, 0.15) is 5.82 Å². The van der Waals surface area contributed by atoms with Crippen molar-refractivity contribution in [2.75, 3.05) is 19.7 Å². The smallest absolute Gasteiger partial charge is 0.371 e. The highest BCUT2D eigenvalue weighted by molar-refractivity contribution is 5.27. The molecule has 0 spiro atoms. The van der Waals surface area contributed by atoms with Gasteiger partial charge in [-0.25, -0.2) is 4.39 Å². The van der Waals surface area contributed by atoms with Crippen LogP contribution in [0.4, 0.5) is 17.6 Å². The number of alkyl halides is 3. The van der Waals surface area contributed by atoms with Crippen LogP contribution in [-0.4, -0.2) is 34.4 Å². The minimum atomic E-state index is -4.48. The second kappa shape index (κ2) is 6.52. The van der Waals surface area contributed by atoms with E-state index in [-0.39, 0.29) is 18.2 Å². The first kappa shape index (κ1) is 16.9. The zero-order chi connectivity index (χ0) is 17.3. The molecule has 3 rings (SSSR count). The van der Waals surface area contributed by atoms with Gasteiger partial charge in [0, 0.05) is 44.0 Å². The molecule has 0 aliphatic carbocycles. The molecule has 1 aromatic carbocycles. The summed E-state index contributed by atoms with van der Waals surface area (Å²) in [6, 6.07) is 2.51. The van der Waals surface area contributed by atoms with Gasteiger partial charge in [0.25, 0.3) is 0 Å². The molecule has 8 heteroatoms. The molecule has 4 nitrogen and oxygen atoms in total. The van der Waals surface area contributed by atoms with E-state index < -0.39 is 17.6 Å². The molecule has 0 unspecified atom stereocenters. The monoisotopic (exact) mass is 343 g/mol. The van der Waals surface area contributed by atoms with Gasteiger partial charge >= 0.3 is 6.18 Å². The number of hydrogen-bond donors (Lipinski definition) is 0. The van der Waals surface area contributed by atoms with Crippen LogP contribution in [0, 0.1) is 5.82 Å². The van der Waals surface area contributed by atoms with E-state index in [0.29, 0.717) is 19.7 Å². The van der Waals surface area contributed by atoms with Crippen molar-refractivity contribution in [2.45, 2.75) is 18.8 Å². The van der Waals surface area contributed by atoms with Crippen LogP contribution in [0.25, 0.3) is 0 Å². The standard InChI is InChI=1S/C16H17F4N3O/c1-22-8-12(7-21-22)15-10-23(4-5-24-15)9-11-6-13(16(18,19)20)2-3-14(11)17/h2-3,6-8,15H,4-5,9-10H2,1H3/t15-/m0/s1. The van der Waals surface area contributed by atoms with Crippen molar-refractivity contribution < 1.29 is 22.3 Å². The Hall–Kier alpha value is -1.93. The van der Waals surface area contributed by atoms with E-state index in [1.54, 1.807) is 17.9 Å². The Kier molecular flexibility index (Phi) is 4.60. The van der Waals surface area contributed by atoms with E-state index >= 15 is 0 Å². The molecule has 0 radical (unpaired) electrons. The third kappa shape index (κ3) is 3.76. The van der Waals surface area contributed by atoms with Crippen LogP contribution in [0.2, 0.25) is 0 Å². The number of morpholine rings is 1. The number of aryl methyl sites for hydroxylation is 1. The van der Waals surface area contributed by atoms with Crippen LogP contribution >= 0.6 is 0 Å². The lowest BCUT2D eigenvalue weighted by atomic mass is 10.1. The highest BCUT2D eigenvalue weighted by atomic mass is 19.4. The van der Waals surface area contributed by atoms with Gasteiger partial charge in [-0.3, -0.25) is 9.58 Å². The van der Waals surface area contributed by atoms with Gasteiger partial charge in [-0.1, -0.05) is 0 Å². The summed E-state index contributed by atoms with van der Waals surface area (Å²) in [6.07, 6.45) is -1.18. The highest BCUT2D eigenvalue weighted by Gasteiger charge is 2.31. The lowest BCUT2D eigenvalue weighted by Crippen LogP contribution is -2.38. The summed E-state index contributed by atoms with van der Waals surface area (Å²) in [5.74, 6) is -0.632. The van der Waals surface area contributed by atoms with Crippen molar-refractivity contribution >= 4 is 0 Å². The molecule has 0 bridgehead atoms. The first-order valence-corrected chi connectivity index (χ1v) is 7.51. The zero-order valence-corrected chi connectivity index (χ0v) is 13.1. The van der Waals surface area contributed by atoms with Crippen molar-refractivity contribution in [3.05, 3.63) is 53.1 Å². The number of ether oxygens (including phenoxy) is 1. The van der Waals surface area contributed by atoms with Gasteiger partial charge in [-0.05, 0) is 18.2 Å². The SMILES string of the molecule is Cn1cc([C@@H]2CN(Cc3cc(C(F)(F)F)ccc3F)CCO2)cn1. The summed E-state index contributed by atoms with van der Waals surface area (Å²) in [7, 11) is 1.79.